The lowest BCUT2D eigenvalue weighted by Crippen LogP contribution is -2.07. The summed E-state index contributed by atoms with van der Waals surface area (Å²) in [6, 6.07) is 18.9. The molecule has 0 saturated carbocycles. The Morgan fingerprint density at radius 3 is 2.45 bits per heavy atom. The zero-order valence-electron chi connectivity index (χ0n) is 16.9. The molecule has 0 saturated heterocycles. The van der Waals surface area contributed by atoms with Gasteiger partial charge in [-0.05, 0) is 43.5 Å². The van der Waals surface area contributed by atoms with Crippen LogP contribution in [0.25, 0.3) is 11.3 Å². The van der Waals surface area contributed by atoms with Crippen LogP contribution in [0.4, 0.5) is 0 Å². The van der Waals surface area contributed by atoms with Crippen molar-refractivity contribution in [3.8, 4) is 11.3 Å². The minimum Gasteiger partial charge on any atom is -0.328 e. The molecule has 1 atom stereocenters. The number of aromatic nitrogens is 3. The van der Waals surface area contributed by atoms with Crippen molar-refractivity contribution in [3.63, 3.8) is 0 Å². The highest BCUT2D eigenvalue weighted by Crippen LogP contribution is 2.30. The first kappa shape index (κ1) is 19.4. The van der Waals surface area contributed by atoms with Gasteiger partial charge in [0, 0.05) is 18.0 Å². The maximum Gasteiger partial charge on any atom is 0.100 e. The average molecular weight is 402 g/mol. The Hall–Kier alpha value is -2.91. The Labute approximate surface area is 177 Å². The van der Waals surface area contributed by atoms with Crippen LogP contribution >= 0.6 is 11.6 Å². The molecule has 0 aliphatic heterocycles. The summed E-state index contributed by atoms with van der Waals surface area (Å²) < 4.78 is 2.11. The van der Waals surface area contributed by atoms with Gasteiger partial charge in [0.25, 0.3) is 0 Å². The number of halogens is 1. The molecule has 4 heteroatoms. The minimum atomic E-state index is -0.238. The maximum absolute atomic E-state index is 6.80. The SMILES string of the molecule is Cc1ccc(-c2cc(C)c(Cn3cncc3C(Cl)c3cccc(C)c3)cn2)cc1. The van der Waals surface area contributed by atoms with Crippen LogP contribution < -0.4 is 0 Å². The standard InChI is InChI=1S/C25H24ClN3/c1-17-7-9-20(10-8-17)23-12-19(3)22(13-28-23)15-29-16-27-14-24(29)25(26)21-6-4-5-18(2)11-21/h4-14,16,25H,15H2,1-3H3. The molecule has 2 aromatic carbocycles. The van der Waals surface area contributed by atoms with E-state index in [1.165, 1.54) is 16.7 Å². The topological polar surface area (TPSA) is 30.7 Å². The van der Waals surface area contributed by atoms with Crippen LogP contribution in [0.1, 0.15) is 38.9 Å². The molecule has 0 aliphatic rings. The maximum atomic E-state index is 6.80. The normalized spacial score (nSPS) is 12.1. The summed E-state index contributed by atoms with van der Waals surface area (Å²) in [6.07, 6.45) is 5.65. The third-order valence-electron chi connectivity index (χ3n) is 5.25. The van der Waals surface area contributed by atoms with Gasteiger partial charge in [-0.25, -0.2) is 4.98 Å². The Balaban J connectivity index is 1.59. The Kier molecular flexibility index (Phi) is 5.50. The van der Waals surface area contributed by atoms with E-state index in [0.717, 1.165) is 28.1 Å². The summed E-state index contributed by atoms with van der Waals surface area (Å²) >= 11 is 6.80. The lowest BCUT2D eigenvalue weighted by Gasteiger charge is -2.15. The van der Waals surface area contributed by atoms with Gasteiger partial charge in [-0.1, -0.05) is 59.7 Å². The monoisotopic (exact) mass is 401 g/mol. The molecule has 4 rings (SSSR count). The Morgan fingerprint density at radius 2 is 1.72 bits per heavy atom. The lowest BCUT2D eigenvalue weighted by atomic mass is 10.0. The van der Waals surface area contributed by atoms with Crippen LogP contribution in [0.15, 0.2) is 73.3 Å². The zero-order chi connectivity index (χ0) is 20.4. The number of pyridine rings is 1. The summed E-state index contributed by atoms with van der Waals surface area (Å²) in [6.45, 7) is 6.99. The molecule has 0 bridgehead atoms. The van der Waals surface area contributed by atoms with Crippen molar-refractivity contribution in [1.82, 2.24) is 14.5 Å². The highest BCUT2D eigenvalue weighted by Gasteiger charge is 2.16. The van der Waals surface area contributed by atoms with Crippen LogP contribution in [0.2, 0.25) is 0 Å². The number of aryl methyl sites for hydroxylation is 3. The van der Waals surface area contributed by atoms with Crippen LogP contribution in [0.3, 0.4) is 0 Å². The first-order valence-electron chi connectivity index (χ1n) is 9.74. The van der Waals surface area contributed by atoms with E-state index < -0.39 is 0 Å². The number of alkyl halides is 1. The van der Waals surface area contributed by atoms with Crippen LogP contribution in [-0.4, -0.2) is 14.5 Å². The smallest absolute Gasteiger partial charge is 0.100 e. The van der Waals surface area contributed by atoms with E-state index in [1.54, 1.807) is 0 Å². The number of hydrogen-bond acceptors (Lipinski definition) is 2. The van der Waals surface area contributed by atoms with Crippen molar-refractivity contribution in [2.24, 2.45) is 0 Å². The molecule has 4 aromatic rings. The van der Waals surface area contributed by atoms with E-state index in [2.05, 4.69) is 78.9 Å². The van der Waals surface area contributed by atoms with Gasteiger partial charge in [0.05, 0.1) is 24.3 Å². The van der Waals surface area contributed by atoms with Crippen molar-refractivity contribution in [1.29, 1.82) is 0 Å². The molecule has 2 heterocycles. The lowest BCUT2D eigenvalue weighted by molar-refractivity contribution is 0.741. The largest absolute Gasteiger partial charge is 0.328 e. The third-order valence-corrected chi connectivity index (χ3v) is 5.72. The number of hydrogen-bond donors (Lipinski definition) is 0. The molecule has 0 radical (unpaired) electrons. The quantitative estimate of drug-likeness (QED) is 0.370. The molecule has 0 amide bonds. The van der Waals surface area contributed by atoms with E-state index in [0.29, 0.717) is 6.54 Å². The molecule has 0 aliphatic carbocycles. The fraction of sp³-hybridized carbons (Fsp3) is 0.200. The average Bonchev–Trinajstić information content (AvgIpc) is 3.18. The summed E-state index contributed by atoms with van der Waals surface area (Å²) in [7, 11) is 0. The van der Waals surface area contributed by atoms with Gasteiger partial charge < -0.3 is 4.57 Å². The Morgan fingerprint density at radius 1 is 0.931 bits per heavy atom. The van der Waals surface area contributed by atoms with Gasteiger partial charge >= 0.3 is 0 Å². The Bertz CT molecular complexity index is 1130. The fourth-order valence-corrected chi connectivity index (χ4v) is 3.81. The van der Waals surface area contributed by atoms with E-state index in [4.69, 9.17) is 16.6 Å². The van der Waals surface area contributed by atoms with Gasteiger partial charge in [-0.15, -0.1) is 11.6 Å². The zero-order valence-corrected chi connectivity index (χ0v) is 17.7. The molecule has 0 fully saturated rings. The van der Waals surface area contributed by atoms with Crippen molar-refractivity contribution in [2.75, 3.05) is 0 Å². The van der Waals surface area contributed by atoms with Gasteiger partial charge in [-0.2, -0.15) is 0 Å². The fourth-order valence-electron chi connectivity index (χ4n) is 3.49. The molecule has 29 heavy (non-hydrogen) atoms. The second-order valence-corrected chi connectivity index (χ2v) is 8.02. The summed E-state index contributed by atoms with van der Waals surface area (Å²) in [5, 5.41) is -0.238. The van der Waals surface area contributed by atoms with Crippen LogP contribution in [0.5, 0.6) is 0 Å². The predicted octanol–water partition coefficient (Wildman–Crippen LogP) is 6.25. The second-order valence-electron chi connectivity index (χ2n) is 7.59. The van der Waals surface area contributed by atoms with Gasteiger partial charge in [-0.3, -0.25) is 4.98 Å². The molecule has 2 aromatic heterocycles. The van der Waals surface area contributed by atoms with Crippen molar-refractivity contribution in [3.05, 3.63) is 107 Å². The van der Waals surface area contributed by atoms with Crippen molar-refractivity contribution < 1.29 is 0 Å². The molecule has 3 nitrogen and oxygen atoms in total. The molecular formula is C25H24ClN3. The van der Waals surface area contributed by atoms with Gasteiger partial charge in [0.1, 0.15) is 5.38 Å². The molecule has 0 spiro atoms. The molecular weight excluding hydrogens is 378 g/mol. The predicted molar refractivity (Wildman–Crippen MR) is 119 cm³/mol. The highest BCUT2D eigenvalue weighted by molar-refractivity contribution is 6.22. The van der Waals surface area contributed by atoms with E-state index >= 15 is 0 Å². The van der Waals surface area contributed by atoms with E-state index in [1.807, 2.05) is 24.8 Å². The molecule has 146 valence electrons. The van der Waals surface area contributed by atoms with E-state index in [-0.39, 0.29) is 5.38 Å². The highest BCUT2D eigenvalue weighted by atomic mass is 35.5. The first-order valence-corrected chi connectivity index (χ1v) is 10.2. The van der Waals surface area contributed by atoms with Gasteiger partial charge in [0.15, 0.2) is 0 Å². The van der Waals surface area contributed by atoms with Crippen molar-refractivity contribution in [2.45, 2.75) is 32.7 Å². The van der Waals surface area contributed by atoms with Crippen LogP contribution in [0, 0.1) is 20.8 Å². The summed E-state index contributed by atoms with van der Waals surface area (Å²) in [4.78, 5) is 9.05. The number of rotatable bonds is 5. The van der Waals surface area contributed by atoms with Crippen LogP contribution in [-0.2, 0) is 6.54 Å². The minimum absolute atomic E-state index is 0.238. The summed E-state index contributed by atoms with van der Waals surface area (Å²) in [5.74, 6) is 0. The van der Waals surface area contributed by atoms with Gasteiger partial charge in [0.2, 0.25) is 0 Å². The van der Waals surface area contributed by atoms with Crippen molar-refractivity contribution >= 4 is 11.6 Å². The molecule has 1 unspecified atom stereocenters. The molecule has 0 N–H and O–H groups in total. The summed E-state index contributed by atoms with van der Waals surface area (Å²) in [5.41, 5.74) is 9.01. The number of benzene rings is 2. The number of nitrogens with zero attached hydrogens (tertiary/aromatic N) is 3. The first-order chi connectivity index (χ1) is 14.0. The third kappa shape index (κ3) is 4.25. The number of imidazole rings is 1. The van der Waals surface area contributed by atoms with E-state index in [9.17, 15) is 0 Å². The second kappa shape index (κ2) is 8.22.